The molecule has 2 atom stereocenters. The number of methoxy groups -OCH3 is 1. The number of alkyl halides is 3. The van der Waals surface area contributed by atoms with Gasteiger partial charge in [-0.3, -0.25) is 9.78 Å². The van der Waals surface area contributed by atoms with Gasteiger partial charge < -0.3 is 29.7 Å². The molecular formula is C34H32F3N7O4. The first-order valence-corrected chi connectivity index (χ1v) is 15.3. The Labute approximate surface area is 273 Å². The van der Waals surface area contributed by atoms with Gasteiger partial charge in [-0.2, -0.15) is 0 Å². The van der Waals surface area contributed by atoms with E-state index in [4.69, 9.17) is 14.2 Å². The molecule has 0 bridgehead atoms. The van der Waals surface area contributed by atoms with Gasteiger partial charge in [0.25, 0.3) is 12.3 Å². The summed E-state index contributed by atoms with van der Waals surface area (Å²) in [7, 11) is 3.44. The zero-order chi connectivity index (χ0) is 33.4. The van der Waals surface area contributed by atoms with Crippen LogP contribution in [0.1, 0.15) is 46.3 Å². The highest BCUT2D eigenvalue weighted by atomic mass is 19.3. The highest BCUT2D eigenvalue weighted by Gasteiger charge is 2.39. The normalized spacial score (nSPS) is 17.5. The van der Waals surface area contributed by atoms with Crippen LogP contribution in [-0.4, -0.2) is 65.1 Å². The number of benzene rings is 2. The minimum absolute atomic E-state index is 0.0780. The number of amides is 1. The first kappa shape index (κ1) is 31.4. The molecule has 1 saturated carbocycles. The predicted molar refractivity (Wildman–Crippen MR) is 171 cm³/mol. The van der Waals surface area contributed by atoms with E-state index in [-0.39, 0.29) is 34.7 Å². The number of ether oxygens (including phenoxy) is 3. The van der Waals surface area contributed by atoms with Gasteiger partial charge in [0.1, 0.15) is 11.9 Å². The van der Waals surface area contributed by atoms with Crippen molar-refractivity contribution >= 4 is 28.7 Å². The van der Waals surface area contributed by atoms with Gasteiger partial charge in [-0.15, -0.1) is 5.10 Å². The van der Waals surface area contributed by atoms with Crippen LogP contribution in [0.5, 0.6) is 5.75 Å². The van der Waals surface area contributed by atoms with Gasteiger partial charge in [-0.25, -0.2) is 22.7 Å². The summed E-state index contributed by atoms with van der Waals surface area (Å²) < 4.78 is 60.9. The summed E-state index contributed by atoms with van der Waals surface area (Å²) in [6, 6.07) is 16.8. The van der Waals surface area contributed by atoms with Crippen LogP contribution in [-0.2, 0) is 16.0 Å². The smallest absolute Gasteiger partial charge is 0.271 e. The number of carbonyl (C=O) groups is 1. The summed E-state index contributed by atoms with van der Waals surface area (Å²) in [5.41, 5.74) is 3.08. The van der Waals surface area contributed by atoms with Crippen LogP contribution in [0.4, 0.5) is 30.4 Å². The molecule has 5 aromatic rings. The number of imidazole rings is 1. The molecule has 2 fully saturated rings. The maximum absolute atomic E-state index is 14.8. The molecule has 0 spiro atoms. The first-order chi connectivity index (χ1) is 23.3. The maximum Gasteiger partial charge on any atom is 0.271 e. The van der Waals surface area contributed by atoms with Crippen LogP contribution < -0.4 is 20.3 Å². The summed E-state index contributed by atoms with van der Waals surface area (Å²) >= 11 is 0. The van der Waals surface area contributed by atoms with Crippen LogP contribution in [0, 0.1) is 0 Å². The molecule has 0 radical (unpaired) electrons. The second kappa shape index (κ2) is 13.1. The third-order valence-corrected chi connectivity index (χ3v) is 8.24. The van der Waals surface area contributed by atoms with Gasteiger partial charge in [-0.05, 0) is 29.8 Å². The van der Waals surface area contributed by atoms with Crippen LogP contribution in [0.15, 0.2) is 73.1 Å². The molecule has 3 aromatic heterocycles. The van der Waals surface area contributed by atoms with Crippen LogP contribution in [0.2, 0.25) is 0 Å². The van der Waals surface area contributed by atoms with Crippen LogP contribution in [0.25, 0.3) is 16.9 Å². The topological polar surface area (TPSA) is 115 Å². The summed E-state index contributed by atoms with van der Waals surface area (Å²) in [6.45, 7) is 1.39. The molecule has 0 unspecified atom stereocenters. The number of fused-ring (bicyclic) bond motifs is 1. The minimum Gasteiger partial charge on any atom is -0.497 e. The van der Waals surface area contributed by atoms with Crippen molar-refractivity contribution in [3.63, 3.8) is 0 Å². The largest absolute Gasteiger partial charge is 0.497 e. The van der Waals surface area contributed by atoms with E-state index in [2.05, 4.69) is 25.7 Å². The summed E-state index contributed by atoms with van der Waals surface area (Å²) in [5.74, 6) is 0.354. The highest BCUT2D eigenvalue weighted by Crippen LogP contribution is 2.38. The molecule has 2 N–H and O–H groups in total. The second-order valence-electron chi connectivity index (χ2n) is 11.6. The molecule has 1 saturated heterocycles. The molecule has 11 nitrogen and oxygen atoms in total. The number of halogens is 3. The standard InChI is InChI=1S/C34H32F3N7O4/c1-43(18-19-6-9-21(46-2)10-7-19)27-15-29(42-44-28(17-39-32(27)44)33(45)41-26-14-23(26)35)40-25-5-3-4-22(30(25)31(36)37)24-11-8-20(16-38-24)34-47-12-13-48-34/h3-11,15-17,23,26,31,34H,12-14,18H2,1-2H3,(H,40,42)(H,41,45)/t23-,26+/m0/s1. The second-order valence-corrected chi connectivity index (χ2v) is 11.6. The van der Waals surface area contributed by atoms with E-state index in [9.17, 15) is 18.0 Å². The van der Waals surface area contributed by atoms with Crippen molar-refractivity contribution in [1.82, 2.24) is 24.9 Å². The third-order valence-electron chi connectivity index (χ3n) is 8.24. The summed E-state index contributed by atoms with van der Waals surface area (Å²) in [5, 5.41) is 10.3. The first-order valence-electron chi connectivity index (χ1n) is 15.3. The zero-order valence-electron chi connectivity index (χ0n) is 26.1. The predicted octanol–water partition coefficient (Wildman–Crippen LogP) is 6.00. The number of pyridine rings is 1. The molecule has 1 aliphatic carbocycles. The molecule has 2 aromatic carbocycles. The van der Waals surface area contributed by atoms with E-state index in [1.807, 2.05) is 36.2 Å². The molecule has 248 valence electrons. The van der Waals surface area contributed by atoms with Crippen molar-refractivity contribution in [2.45, 2.75) is 37.9 Å². The number of hydrogen-bond acceptors (Lipinski definition) is 9. The SMILES string of the molecule is COc1ccc(CN(C)c2cc(Nc3cccc(-c4ccc(C5OCCO5)cn4)c3C(F)F)nn3c(C(=O)N[C@@H]4C[C@@H]4F)cnc23)cc1. The fourth-order valence-electron chi connectivity index (χ4n) is 5.62. The summed E-state index contributed by atoms with van der Waals surface area (Å²) in [4.78, 5) is 23.9. The lowest BCUT2D eigenvalue weighted by Crippen LogP contribution is -2.28. The number of aromatic nitrogens is 4. The van der Waals surface area contributed by atoms with Crippen molar-refractivity contribution in [1.29, 1.82) is 0 Å². The zero-order valence-corrected chi connectivity index (χ0v) is 26.1. The quantitative estimate of drug-likeness (QED) is 0.176. The van der Waals surface area contributed by atoms with Gasteiger partial charge in [0.15, 0.2) is 23.4 Å². The van der Waals surface area contributed by atoms with E-state index < -0.39 is 30.8 Å². The van der Waals surface area contributed by atoms with Gasteiger partial charge >= 0.3 is 0 Å². The van der Waals surface area contributed by atoms with Crippen molar-refractivity contribution in [2.75, 3.05) is 37.6 Å². The Kier molecular flexibility index (Phi) is 8.58. The molecular weight excluding hydrogens is 627 g/mol. The number of nitrogens with one attached hydrogen (secondary N) is 2. The monoisotopic (exact) mass is 659 g/mol. The molecule has 14 heteroatoms. The number of rotatable bonds is 11. The van der Waals surface area contributed by atoms with Gasteiger partial charge in [0.05, 0.1) is 49.5 Å². The highest BCUT2D eigenvalue weighted by molar-refractivity contribution is 5.94. The Balaban J connectivity index is 1.25. The van der Waals surface area contributed by atoms with E-state index in [0.717, 1.165) is 5.56 Å². The molecule has 1 amide bonds. The van der Waals surface area contributed by atoms with Crippen molar-refractivity contribution in [3.8, 4) is 17.0 Å². The maximum atomic E-state index is 14.8. The van der Waals surface area contributed by atoms with E-state index in [1.54, 1.807) is 43.6 Å². The van der Waals surface area contributed by atoms with E-state index in [1.165, 1.54) is 16.8 Å². The fourth-order valence-corrected chi connectivity index (χ4v) is 5.62. The fraction of sp³-hybridized carbons (Fsp3) is 0.294. The number of hydrogen-bond donors (Lipinski definition) is 2. The van der Waals surface area contributed by atoms with Crippen molar-refractivity contribution < 1.29 is 32.2 Å². The molecule has 4 heterocycles. The van der Waals surface area contributed by atoms with Gasteiger partial charge in [0.2, 0.25) is 0 Å². The lowest BCUT2D eigenvalue weighted by atomic mass is 10.0. The summed E-state index contributed by atoms with van der Waals surface area (Å²) in [6.07, 6.45) is -1.34. The molecule has 1 aliphatic heterocycles. The number of carbonyl (C=O) groups excluding carboxylic acids is 1. The third kappa shape index (κ3) is 6.36. The average Bonchev–Trinajstić information content (AvgIpc) is 3.45. The Hall–Kier alpha value is -5.21. The lowest BCUT2D eigenvalue weighted by Gasteiger charge is -2.22. The van der Waals surface area contributed by atoms with Gasteiger partial charge in [0, 0.05) is 49.1 Å². The van der Waals surface area contributed by atoms with Crippen LogP contribution >= 0.6 is 0 Å². The van der Waals surface area contributed by atoms with Crippen LogP contribution in [0.3, 0.4) is 0 Å². The molecule has 48 heavy (non-hydrogen) atoms. The van der Waals surface area contributed by atoms with Gasteiger partial charge in [-0.1, -0.05) is 30.3 Å². The average molecular weight is 660 g/mol. The van der Waals surface area contributed by atoms with Crippen molar-refractivity contribution in [2.24, 2.45) is 0 Å². The minimum atomic E-state index is -2.87. The Bertz CT molecular complexity index is 1930. The Morgan fingerprint density at radius 3 is 2.52 bits per heavy atom. The van der Waals surface area contributed by atoms with E-state index >= 15 is 0 Å². The molecule has 2 aliphatic rings. The van der Waals surface area contributed by atoms with E-state index in [0.29, 0.717) is 48.1 Å². The number of nitrogens with zero attached hydrogens (tertiary/aromatic N) is 5. The Morgan fingerprint density at radius 1 is 1.08 bits per heavy atom. The lowest BCUT2D eigenvalue weighted by molar-refractivity contribution is -0.0443. The Morgan fingerprint density at radius 2 is 1.85 bits per heavy atom. The number of anilines is 3. The molecule has 7 rings (SSSR count). The van der Waals surface area contributed by atoms with Crippen molar-refractivity contribution in [3.05, 3.63) is 95.4 Å².